The highest BCUT2D eigenvalue weighted by molar-refractivity contribution is 7.99. The van der Waals surface area contributed by atoms with E-state index < -0.39 is 0 Å². The van der Waals surface area contributed by atoms with Gasteiger partial charge in [-0.3, -0.25) is 0 Å². The number of aromatic nitrogens is 2. The lowest BCUT2D eigenvalue weighted by Gasteiger charge is -2.16. The molecule has 0 aromatic carbocycles. The van der Waals surface area contributed by atoms with Gasteiger partial charge in [-0.05, 0) is 31.3 Å². The summed E-state index contributed by atoms with van der Waals surface area (Å²) >= 11 is 1.96. The van der Waals surface area contributed by atoms with Crippen LogP contribution in [0.2, 0.25) is 0 Å². The second-order valence-electron chi connectivity index (χ2n) is 3.97. The molecule has 0 spiro atoms. The first-order chi connectivity index (χ1) is 8.19. The van der Waals surface area contributed by atoms with E-state index in [4.69, 9.17) is 5.73 Å². The molecule has 0 radical (unpaired) electrons. The quantitative estimate of drug-likeness (QED) is 0.732. The molecule has 1 aromatic heterocycles. The van der Waals surface area contributed by atoms with E-state index >= 15 is 0 Å². The topological polar surface area (TPSA) is 63.8 Å². The summed E-state index contributed by atoms with van der Waals surface area (Å²) in [6.45, 7) is 6.43. The fraction of sp³-hybridized carbons (Fsp3) is 0.667. The monoisotopic (exact) mass is 254 g/mol. The van der Waals surface area contributed by atoms with Crippen molar-refractivity contribution in [2.45, 2.75) is 39.7 Å². The summed E-state index contributed by atoms with van der Waals surface area (Å²) in [6, 6.07) is 0.411. The van der Waals surface area contributed by atoms with Crippen LogP contribution in [-0.4, -0.2) is 27.5 Å². The van der Waals surface area contributed by atoms with Crippen molar-refractivity contribution in [3.8, 4) is 0 Å². The van der Waals surface area contributed by atoms with Crippen LogP contribution < -0.4 is 11.1 Å². The summed E-state index contributed by atoms with van der Waals surface area (Å²) in [6.07, 6.45) is 3.50. The molecule has 1 unspecified atom stereocenters. The van der Waals surface area contributed by atoms with Crippen molar-refractivity contribution in [1.29, 1.82) is 0 Å². The summed E-state index contributed by atoms with van der Waals surface area (Å²) < 4.78 is 0. The Hall–Kier alpha value is -0.970. The average molecular weight is 254 g/mol. The third kappa shape index (κ3) is 4.42. The van der Waals surface area contributed by atoms with Gasteiger partial charge in [0, 0.05) is 11.6 Å². The fourth-order valence-electron chi connectivity index (χ4n) is 1.61. The minimum atomic E-state index is 0.411. The third-order valence-corrected chi connectivity index (χ3v) is 3.55. The van der Waals surface area contributed by atoms with Gasteiger partial charge in [-0.2, -0.15) is 11.8 Å². The summed E-state index contributed by atoms with van der Waals surface area (Å²) in [5.74, 6) is 3.81. The number of nitrogens with zero attached hydrogens (tertiary/aromatic N) is 2. The molecule has 5 heteroatoms. The molecule has 0 aliphatic heterocycles. The highest BCUT2D eigenvalue weighted by Gasteiger charge is 2.09. The van der Waals surface area contributed by atoms with Crippen molar-refractivity contribution in [3.05, 3.63) is 11.9 Å². The minimum Gasteiger partial charge on any atom is -0.383 e. The smallest absolute Gasteiger partial charge is 0.134 e. The second-order valence-corrected chi connectivity index (χ2v) is 5.36. The van der Waals surface area contributed by atoms with Crippen molar-refractivity contribution in [1.82, 2.24) is 9.97 Å². The molecule has 4 nitrogen and oxygen atoms in total. The first kappa shape index (κ1) is 14.1. The van der Waals surface area contributed by atoms with E-state index in [1.165, 1.54) is 17.8 Å². The number of rotatable bonds is 7. The maximum atomic E-state index is 5.83. The molecule has 0 saturated heterocycles. The van der Waals surface area contributed by atoms with Crippen LogP contribution in [0.25, 0.3) is 0 Å². The van der Waals surface area contributed by atoms with Gasteiger partial charge in [0.2, 0.25) is 0 Å². The number of nitrogen functional groups attached to an aromatic ring is 1. The van der Waals surface area contributed by atoms with Crippen LogP contribution in [0.3, 0.4) is 0 Å². The van der Waals surface area contributed by atoms with E-state index in [1.54, 1.807) is 0 Å². The number of nitrogens with two attached hydrogens (primary N) is 1. The van der Waals surface area contributed by atoms with Gasteiger partial charge in [0.05, 0.1) is 0 Å². The SMILES string of the molecule is CCSCCC(C)Nc1ncnc(N)c1CC. The molecular weight excluding hydrogens is 232 g/mol. The Morgan fingerprint density at radius 2 is 2.18 bits per heavy atom. The number of nitrogens with one attached hydrogen (secondary N) is 1. The largest absolute Gasteiger partial charge is 0.383 e. The first-order valence-corrected chi connectivity index (χ1v) is 7.28. The Bertz CT molecular complexity index is 343. The lowest BCUT2D eigenvalue weighted by molar-refractivity contribution is 0.763. The fourth-order valence-corrected chi connectivity index (χ4v) is 2.42. The van der Waals surface area contributed by atoms with Gasteiger partial charge >= 0.3 is 0 Å². The van der Waals surface area contributed by atoms with Crippen molar-refractivity contribution < 1.29 is 0 Å². The van der Waals surface area contributed by atoms with Gasteiger partial charge < -0.3 is 11.1 Å². The third-order valence-electron chi connectivity index (χ3n) is 2.61. The Kier molecular flexibility index (Phi) is 6.11. The van der Waals surface area contributed by atoms with Crippen LogP contribution in [0.5, 0.6) is 0 Å². The molecule has 0 saturated carbocycles. The first-order valence-electron chi connectivity index (χ1n) is 6.12. The average Bonchev–Trinajstić information content (AvgIpc) is 2.29. The Morgan fingerprint density at radius 1 is 1.41 bits per heavy atom. The Labute approximate surface area is 108 Å². The van der Waals surface area contributed by atoms with E-state index in [9.17, 15) is 0 Å². The van der Waals surface area contributed by atoms with Gasteiger partial charge in [-0.1, -0.05) is 13.8 Å². The molecule has 1 atom stereocenters. The Balaban J connectivity index is 2.58. The standard InChI is InChI=1S/C12H22N4S/c1-4-10-11(13)14-8-15-12(10)16-9(3)6-7-17-5-2/h8-9H,4-7H2,1-3H3,(H3,13,14,15,16). The van der Waals surface area contributed by atoms with Crippen LogP contribution in [0.4, 0.5) is 11.6 Å². The lowest BCUT2D eigenvalue weighted by Crippen LogP contribution is -2.19. The number of anilines is 2. The molecule has 0 aliphatic rings. The minimum absolute atomic E-state index is 0.411. The highest BCUT2D eigenvalue weighted by atomic mass is 32.2. The van der Waals surface area contributed by atoms with Gasteiger partial charge in [0.25, 0.3) is 0 Å². The molecule has 1 rings (SSSR count). The summed E-state index contributed by atoms with van der Waals surface area (Å²) in [5.41, 5.74) is 6.85. The summed E-state index contributed by atoms with van der Waals surface area (Å²) in [5, 5.41) is 3.42. The van der Waals surface area contributed by atoms with Gasteiger partial charge in [0.1, 0.15) is 18.0 Å². The Morgan fingerprint density at radius 3 is 2.82 bits per heavy atom. The molecule has 0 fully saturated rings. The molecule has 0 amide bonds. The summed E-state index contributed by atoms with van der Waals surface area (Å²) in [7, 11) is 0. The zero-order valence-electron chi connectivity index (χ0n) is 10.9. The lowest BCUT2D eigenvalue weighted by atomic mass is 10.2. The highest BCUT2D eigenvalue weighted by Crippen LogP contribution is 2.19. The predicted molar refractivity (Wildman–Crippen MR) is 76.5 cm³/mol. The molecule has 1 heterocycles. The van der Waals surface area contributed by atoms with Crippen LogP contribution in [0, 0.1) is 0 Å². The molecular formula is C12H22N4S. The van der Waals surface area contributed by atoms with Crippen molar-refractivity contribution in [2.24, 2.45) is 0 Å². The number of thioether (sulfide) groups is 1. The van der Waals surface area contributed by atoms with Gasteiger partial charge in [-0.15, -0.1) is 0 Å². The molecule has 1 aromatic rings. The van der Waals surface area contributed by atoms with Crippen LogP contribution in [0.15, 0.2) is 6.33 Å². The van der Waals surface area contributed by atoms with E-state index in [2.05, 4.69) is 36.1 Å². The van der Waals surface area contributed by atoms with Crippen LogP contribution in [-0.2, 0) is 6.42 Å². The van der Waals surface area contributed by atoms with Crippen LogP contribution >= 0.6 is 11.8 Å². The van der Waals surface area contributed by atoms with E-state index in [1.807, 2.05) is 11.8 Å². The van der Waals surface area contributed by atoms with Gasteiger partial charge in [-0.25, -0.2) is 9.97 Å². The number of hydrogen-bond acceptors (Lipinski definition) is 5. The maximum absolute atomic E-state index is 5.83. The molecule has 3 N–H and O–H groups in total. The van der Waals surface area contributed by atoms with E-state index in [0.717, 1.165) is 24.2 Å². The normalized spacial score (nSPS) is 12.4. The maximum Gasteiger partial charge on any atom is 0.134 e. The molecule has 0 aliphatic carbocycles. The van der Waals surface area contributed by atoms with Crippen molar-refractivity contribution >= 4 is 23.4 Å². The number of hydrogen-bond donors (Lipinski definition) is 2. The second kappa shape index (κ2) is 7.37. The predicted octanol–water partition coefficient (Wildman–Crippen LogP) is 2.56. The van der Waals surface area contributed by atoms with E-state index in [0.29, 0.717) is 11.9 Å². The molecule has 96 valence electrons. The zero-order chi connectivity index (χ0) is 12.7. The van der Waals surface area contributed by atoms with Crippen molar-refractivity contribution in [2.75, 3.05) is 22.6 Å². The van der Waals surface area contributed by atoms with Crippen LogP contribution in [0.1, 0.15) is 32.8 Å². The summed E-state index contributed by atoms with van der Waals surface area (Å²) in [4.78, 5) is 8.29. The van der Waals surface area contributed by atoms with Gasteiger partial charge in [0.15, 0.2) is 0 Å². The van der Waals surface area contributed by atoms with Crippen molar-refractivity contribution in [3.63, 3.8) is 0 Å². The van der Waals surface area contributed by atoms with E-state index in [-0.39, 0.29) is 0 Å². The zero-order valence-corrected chi connectivity index (χ0v) is 11.7. The molecule has 0 bridgehead atoms. The molecule has 17 heavy (non-hydrogen) atoms.